The fourth-order valence-electron chi connectivity index (χ4n) is 5.62. The first-order valence-corrected chi connectivity index (χ1v) is 17.9. The first-order valence-electron chi connectivity index (χ1n) is 14.3. The molecule has 2 heteroatoms. The lowest BCUT2D eigenvalue weighted by Crippen LogP contribution is -2.26. The van der Waals surface area contributed by atoms with E-state index in [0.29, 0.717) is 0 Å². The molecule has 0 aliphatic rings. The third kappa shape index (κ3) is 7.33. The predicted octanol–water partition coefficient (Wildman–Crippen LogP) is 8.55. The van der Waals surface area contributed by atoms with E-state index in [9.17, 15) is 0 Å². The third-order valence-corrected chi connectivity index (χ3v) is 14.8. The maximum Gasteiger partial charge on any atom is 0.0995 e. The van der Waals surface area contributed by atoms with Crippen LogP contribution in [0.5, 0.6) is 0 Å². The van der Waals surface area contributed by atoms with Gasteiger partial charge in [0.2, 0.25) is 0 Å². The monoisotopic (exact) mass is 545 g/mol. The Morgan fingerprint density at radius 1 is 0.410 bits per heavy atom. The highest BCUT2D eigenvalue weighted by Crippen LogP contribution is 2.59. The van der Waals surface area contributed by atoms with E-state index >= 15 is 0 Å². The van der Waals surface area contributed by atoms with Crippen molar-refractivity contribution in [1.82, 2.24) is 0 Å². The maximum absolute atomic E-state index is 2.39. The first-order chi connectivity index (χ1) is 19.4. The van der Waals surface area contributed by atoms with Gasteiger partial charge in [0.15, 0.2) is 0 Å². The van der Waals surface area contributed by atoms with E-state index in [-0.39, 0.29) is 7.92 Å². The summed E-state index contributed by atoms with van der Waals surface area (Å²) in [6, 6.07) is 56.2. The van der Waals surface area contributed by atoms with Crippen molar-refractivity contribution in [3.8, 4) is 0 Å². The van der Waals surface area contributed by atoms with Crippen molar-refractivity contribution < 1.29 is 0 Å². The molecule has 0 aromatic heterocycles. The molecule has 0 saturated heterocycles. The molecule has 0 saturated carbocycles. The summed E-state index contributed by atoms with van der Waals surface area (Å²) >= 11 is 0. The molecule has 5 aromatic carbocycles. The molecule has 0 atom stereocenters. The number of unbranched alkanes of at least 4 members (excludes halogenated alkanes) is 3. The topological polar surface area (TPSA) is 0 Å². The lowest BCUT2D eigenvalue weighted by Gasteiger charge is -2.28. The molecule has 0 heterocycles. The van der Waals surface area contributed by atoms with Crippen molar-refractivity contribution >= 4 is 36.4 Å². The van der Waals surface area contributed by atoms with Gasteiger partial charge in [0.25, 0.3) is 0 Å². The SMILES string of the molecule is c1ccc(C[P+](CCCCCCP(c2ccccc2)c2ccccc2)(c2ccccc2)c2ccccc2)cc1. The molecule has 39 heavy (non-hydrogen) atoms. The van der Waals surface area contributed by atoms with E-state index in [4.69, 9.17) is 0 Å². The van der Waals surface area contributed by atoms with Gasteiger partial charge in [-0.3, -0.25) is 0 Å². The molecule has 0 amide bonds. The molecule has 0 nitrogen and oxygen atoms in total. The van der Waals surface area contributed by atoms with E-state index in [1.807, 2.05) is 0 Å². The fourth-order valence-corrected chi connectivity index (χ4v) is 12.5. The largest absolute Gasteiger partial charge is 0.0995 e. The zero-order valence-electron chi connectivity index (χ0n) is 22.8. The summed E-state index contributed by atoms with van der Waals surface area (Å²) in [5.74, 6) is 0. The van der Waals surface area contributed by atoms with Gasteiger partial charge in [-0.1, -0.05) is 134 Å². The van der Waals surface area contributed by atoms with Crippen molar-refractivity contribution in [2.45, 2.75) is 31.8 Å². The van der Waals surface area contributed by atoms with Gasteiger partial charge in [0, 0.05) is 0 Å². The van der Waals surface area contributed by atoms with Crippen LogP contribution >= 0.6 is 15.2 Å². The minimum Gasteiger partial charge on any atom is -0.0622 e. The number of benzene rings is 5. The Kier molecular flexibility index (Phi) is 10.1. The van der Waals surface area contributed by atoms with E-state index in [0.717, 1.165) is 6.16 Å². The van der Waals surface area contributed by atoms with Crippen LogP contribution < -0.4 is 21.2 Å². The average molecular weight is 546 g/mol. The van der Waals surface area contributed by atoms with Gasteiger partial charge in [0.05, 0.1) is 30.2 Å². The highest BCUT2D eigenvalue weighted by Gasteiger charge is 2.42. The zero-order chi connectivity index (χ0) is 26.6. The summed E-state index contributed by atoms with van der Waals surface area (Å²) in [6.45, 7) is 0. The fraction of sp³-hybridized carbons (Fsp3) is 0.189. The van der Waals surface area contributed by atoms with E-state index < -0.39 is 7.26 Å². The average Bonchev–Trinajstić information content (AvgIpc) is 3.02. The van der Waals surface area contributed by atoms with Gasteiger partial charge < -0.3 is 0 Å². The van der Waals surface area contributed by atoms with Crippen LogP contribution in [0, 0.1) is 0 Å². The van der Waals surface area contributed by atoms with Crippen LogP contribution in [-0.2, 0) is 6.16 Å². The van der Waals surface area contributed by atoms with Gasteiger partial charge in [-0.05, 0) is 73.8 Å². The molecule has 0 aliphatic heterocycles. The number of rotatable bonds is 13. The number of hydrogen-bond donors (Lipinski definition) is 0. The van der Waals surface area contributed by atoms with Crippen molar-refractivity contribution in [2.24, 2.45) is 0 Å². The standard InChI is InChI=1S/C37H39P2/c1(18-30-38(34-22-10-4-11-23-34)35-24-12-5-13-25-35)2-19-31-39(36-26-14-6-15-27-36,37-28-16-7-17-29-37)32-33-20-8-3-9-21-33/h3-17,20-29H,1-2,18-19,30-32H2/q+1. The minimum absolute atomic E-state index is 0.293. The second-order valence-electron chi connectivity index (χ2n) is 10.2. The summed E-state index contributed by atoms with van der Waals surface area (Å²) in [4.78, 5) is 0. The van der Waals surface area contributed by atoms with Crippen LogP contribution in [0.3, 0.4) is 0 Å². The van der Waals surface area contributed by atoms with Gasteiger partial charge >= 0.3 is 0 Å². The molecule has 0 N–H and O–H groups in total. The molecule has 0 spiro atoms. The van der Waals surface area contributed by atoms with Crippen LogP contribution in [0.2, 0.25) is 0 Å². The molecule has 0 unspecified atom stereocenters. The summed E-state index contributed by atoms with van der Waals surface area (Å²) in [5.41, 5.74) is 1.45. The van der Waals surface area contributed by atoms with Gasteiger partial charge in [0.1, 0.15) is 0 Å². The lowest BCUT2D eigenvalue weighted by atomic mass is 10.2. The second kappa shape index (κ2) is 14.4. The van der Waals surface area contributed by atoms with Gasteiger partial charge in [-0.2, -0.15) is 0 Å². The van der Waals surface area contributed by atoms with Crippen LogP contribution in [0.4, 0.5) is 0 Å². The van der Waals surface area contributed by atoms with Crippen LogP contribution in [-0.4, -0.2) is 12.3 Å². The minimum atomic E-state index is -1.58. The Morgan fingerprint density at radius 3 is 1.31 bits per heavy atom. The quantitative estimate of drug-likeness (QED) is 0.103. The summed E-state index contributed by atoms with van der Waals surface area (Å²) in [7, 11) is -1.88. The van der Waals surface area contributed by atoms with Crippen molar-refractivity contribution in [1.29, 1.82) is 0 Å². The predicted molar refractivity (Wildman–Crippen MR) is 176 cm³/mol. The Balaban J connectivity index is 1.29. The molecule has 0 bridgehead atoms. The smallest absolute Gasteiger partial charge is 0.0622 e. The Labute approximate surface area is 237 Å². The van der Waals surface area contributed by atoms with E-state index in [2.05, 4.69) is 152 Å². The van der Waals surface area contributed by atoms with E-state index in [1.165, 1.54) is 64.8 Å². The second-order valence-corrected chi connectivity index (χ2v) is 16.3. The number of hydrogen-bond acceptors (Lipinski definition) is 0. The molecule has 5 aromatic rings. The highest BCUT2D eigenvalue weighted by atomic mass is 31.2. The summed E-state index contributed by atoms with van der Waals surface area (Å²) < 4.78 is 0. The highest BCUT2D eigenvalue weighted by molar-refractivity contribution is 7.88. The molecular formula is C37H39P2+. The van der Waals surface area contributed by atoms with E-state index in [1.54, 1.807) is 0 Å². The van der Waals surface area contributed by atoms with Crippen LogP contribution in [0.1, 0.15) is 31.2 Å². The van der Waals surface area contributed by atoms with Crippen molar-refractivity contribution in [2.75, 3.05) is 12.3 Å². The lowest BCUT2D eigenvalue weighted by molar-refractivity contribution is 0.707. The molecule has 5 rings (SSSR count). The third-order valence-electron chi connectivity index (χ3n) is 7.60. The van der Waals surface area contributed by atoms with Crippen LogP contribution in [0.25, 0.3) is 0 Å². The van der Waals surface area contributed by atoms with Crippen molar-refractivity contribution in [3.05, 3.63) is 157 Å². The Morgan fingerprint density at radius 2 is 0.821 bits per heavy atom. The van der Waals surface area contributed by atoms with Crippen molar-refractivity contribution in [3.63, 3.8) is 0 Å². The van der Waals surface area contributed by atoms with Crippen LogP contribution in [0.15, 0.2) is 152 Å². The normalized spacial score (nSPS) is 11.5. The molecule has 196 valence electrons. The maximum atomic E-state index is 2.39. The van der Waals surface area contributed by atoms with Gasteiger partial charge in [-0.15, -0.1) is 0 Å². The van der Waals surface area contributed by atoms with Gasteiger partial charge in [-0.25, -0.2) is 0 Å². The molecule has 0 radical (unpaired) electrons. The summed E-state index contributed by atoms with van der Waals surface area (Å²) in [6.07, 6.45) is 8.83. The Hall–Kier alpha value is -3.04. The summed E-state index contributed by atoms with van der Waals surface area (Å²) in [5, 5.41) is 6.08. The molecule has 0 aliphatic carbocycles. The Bertz CT molecular complexity index is 1280. The first kappa shape index (κ1) is 27.5. The molecular weight excluding hydrogens is 506 g/mol. The molecule has 0 fully saturated rings. The zero-order valence-corrected chi connectivity index (χ0v) is 24.6.